The molecule has 20 heavy (non-hydrogen) atoms. The smallest absolute Gasteiger partial charge is 0.140 e. The first-order valence-electron chi connectivity index (χ1n) is 6.89. The minimum absolute atomic E-state index is 0.0887. The van der Waals surface area contributed by atoms with Crippen LogP contribution in [0.2, 0.25) is 0 Å². The molecule has 1 aromatic rings. The van der Waals surface area contributed by atoms with Gasteiger partial charge in [-0.15, -0.1) is 11.3 Å². The minimum atomic E-state index is 0.0887. The third kappa shape index (κ3) is 5.09. The van der Waals surface area contributed by atoms with Gasteiger partial charge in [-0.1, -0.05) is 25.9 Å². The molecule has 0 aromatic carbocycles. The molecule has 1 rings (SSSR count). The fourth-order valence-corrected chi connectivity index (χ4v) is 2.78. The predicted octanol–water partition coefficient (Wildman–Crippen LogP) is 2.79. The zero-order chi connectivity index (χ0) is 15.3. The van der Waals surface area contributed by atoms with Crippen LogP contribution in [0.25, 0.3) is 0 Å². The van der Waals surface area contributed by atoms with Crippen molar-refractivity contribution in [3.05, 3.63) is 16.1 Å². The molecule has 0 unspecified atom stereocenters. The Morgan fingerprint density at radius 2 is 2.15 bits per heavy atom. The lowest BCUT2D eigenvalue weighted by Gasteiger charge is -2.25. The van der Waals surface area contributed by atoms with Crippen LogP contribution >= 0.6 is 11.3 Å². The van der Waals surface area contributed by atoms with E-state index in [0.29, 0.717) is 12.5 Å². The third-order valence-corrected chi connectivity index (χ3v) is 4.01. The predicted molar refractivity (Wildman–Crippen MR) is 84.4 cm³/mol. The van der Waals surface area contributed by atoms with Crippen molar-refractivity contribution >= 4 is 17.2 Å². The van der Waals surface area contributed by atoms with Crippen molar-refractivity contribution in [1.29, 1.82) is 0 Å². The Hall–Kier alpha value is -1.14. The lowest BCUT2D eigenvalue weighted by molar-refractivity contribution is 0.217. The highest BCUT2D eigenvalue weighted by Gasteiger charge is 2.19. The van der Waals surface area contributed by atoms with Crippen LogP contribution in [0.1, 0.15) is 51.7 Å². The van der Waals surface area contributed by atoms with Gasteiger partial charge in [-0.2, -0.15) is 0 Å². The quantitative estimate of drug-likeness (QED) is 0.366. The number of oxime groups is 1. The van der Waals surface area contributed by atoms with Gasteiger partial charge in [0.25, 0.3) is 0 Å². The van der Waals surface area contributed by atoms with Gasteiger partial charge in [-0.25, -0.2) is 4.98 Å². The maximum atomic E-state index is 8.60. The average Bonchev–Trinajstić information content (AvgIpc) is 2.81. The zero-order valence-corrected chi connectivity index (χ0v) is 13.9. The van der Waals surface area contributed by atoms with Crippen molar-refractivity contribution in [2.45, 2.75) is 59.0 Å². The van der Waals surface area contributed by atoms with Crippen molar-refractivity contribution in [2.24, 2.45) is 10.9 Å². The van der Waals surface area contributed by atoms with E-state index in [2.05, 4.69) is 50.1 Å². The number of aromatic nitrogens is 1. The van der Waals surface area contributed by atoms with Crippen LogP contribution in [0, 0.1) is 0 Å². The summed E-state index contributed by atoms with van der Waals surface area (Å²) in [4.78, 5) is 7.00. The molecule has 3 N–H and O–H groups in total. The first-order valence-corrected chi connectivity index (χ1v) is 7.77. The van der Waals surface area contributed by atoms with Gasteiger partial charge < -0.3 is 10.9 Å². The maximum absolute atomic E-state index is 8.60. The van der Waals surface area contributed by atoms with E-state index >= 15 is 0 Å². The van der Waals surface area contributed by atoms with Crippen molar-refractivity contribution in [3.63, 3.8) is 0 Å². The number of rotatable bonds is 6. The molecule has 1 aromatic heterocycles. The van der Waals surface area contributed by atoms with E-state index in [4.69, 9.17) is 15.9 Å². The van der Waals surface area contributed by atoms with Gasteiger partial charge >= 0.3 is 0 Å². The highest BCUT2D eigenvalue weighted by atomic mass is 32.1. The summed E-state index contributed by atoms with van der Waals surface area (Å²) in [5.74, 6) is 0.269. The van der Waals surface area contributed by atoms with E-state index < -0.39 is 0 Å². The van der Waals surface area contributed by atoms with E-state index in [-0.39, 0.29) is 11.3 Å². The van der Waals surface area contributed by atoms with Gasteiger partial charge in [0.15, 0.2) is 0 Å². The molecule has 0 atom stereocenters. The Labute approximate surface area is 125 Å². The second-order valence-corrected chi connectivity index (χ2v) is 7.22. The Morgan fingerprint density at radius 3 is 2.60 bits per heavy atom. The molecule has 1 heterocycles. The van der Waals surface area contributed by atoms with Crippen molar-refractivity contribution in [1.82, 2.24) is 9.88 Å². The second kappa shape index (κ2) is 7.04. The number of nitrogens with zero attached hydrogens (tertiary/aromatic N) is 3. The summed E-state index contributed by atoms with van der Waals surface area (Å²) < 4.78 is 0. The molecule has 114 valence electrons. The molecular formula is C14H26N4OS. The second-order valence-electron chi connectivity index (χ2n) is 6.28. The first-order chi connectivity index (χ1) is 9.24. The van der Waals surface area contributed by atoms with Crippen LogP contribution < -0.4 is 5.73 Å². The molecule has 0 bridgehead atoms. The standard InChI is InChI=1S/C14H26N4OS/c1-10(2)18(7-6-12(15)17-19)8-13-16-11(9-20-13)14(3,4)5/h9-10,19H,6-8H2,1-5H3,(H2,15,17). The lowest BCUT2D eigenvalue weighted by Crippen LogP contribution is -2.33. The van der Waals surface area contributed by atoms with E-state index in [0.717, 1.165) is 23.8 Å². The first kappa shape index (κ1) is 16.9. The van der Waals surface area contributed by atoms with E-state index in [1.165, 1.54) is 0 Å². The summed E-state index contributed by atoms with van der Waals surface area (Å²) in [5, 5.41) is 14.9. The molecule has 5 nitrogen and oxygen atoms in total. The van der Waals surface area contributed by atoms with Crippen LogP contribution in [0.3, 0.4) is 0 Å². The Bertz CT molecular complexity index is 448. The van der Waals surface area contributed by atoms with Crippen molar-refractivity contribution in [3.8, 4) is 0 Å². The SMILES string of the molecule is CC(C)N(CCC(N)=NO)Cc1nc(C(C)(C)C)cs1. The highest BCUT2D eigenvalue weighted by Crippen LogP contribution is 2.24. The lowest BCUT2D eigenvalue weighted by atomic mass is 9.93. The van der Waals surface area contributed by atoms with Gasteiger partial charge in [0.05, 0.1) is 12.2 Å². The van der Waals surface area contributed by atoms with Gasteiger partial charge in [0, 0.05) is 29.8 Å². The molecule has 0 amide bonds. The van der Waals surface area contributed by atoms with E-state index in [9.17, 15) is 0 Å². The summed E-state index contributed by atoms with van der Waals surface area (Å²) in [6.07, 6.45) is 0.562. The number of hydrogen-bond acceptors (Lipinski definition) is 5. The molecule has 0 aliphatic heterocycles. The molecule has 6 heteroatoms. The third-order valence-electron chi connectivity index (χ3n) is 3.17. The maximum Gasteiger partial charge on any atom is 0.140 e. The van der Waals surface area contributed by atoms with Gasteiger partial charge in [-0.05, 0) is 13.8 Å². The van der Waals surface area contributed by atoms with Gasteiger partial charge in [-0.3, -0.25) is 4.90 Å². The fourth-order valence-electron chi connectivity index (χ4n) is 1.73. The molecule has 0 aliphatic carbocycles. The topological polar surface area (TPSA) is 74.7 Å². The van der Waals surface area contributed by atoms with Crippen LogP contribution in [0.15, 0.2) is 10.5 Å². The van der Waals surface area contributed by atoms with Crippen LogP contribution in [-0.4, -0.2) is 33.5 Å². The molecule has 0 spiro atoms. The molecule has 0 fully saturated rings. The molecule has 0 saturated heterocycles. The number of nitrogens with two attached hydrogens (primary N) is 1. The summed E-state index contributed by atoms with van der Waals surface area (Å²) in [5.41, 5.74) is 6.76. The van der Waals surface area contributed by atoms with E-state index in [1.807, 2.05) is 0 Å². The fraction of sp³-hybridized carbons (Fsp3) is 0.714. The summed E-state index contributed by atoms with van der Waals surface area (Å²) in [6, 6.07) is 0.392. The molecule has 0 saturated carbocycles. The minimum Gasteiger partial charge on any atom is -0.409 e. The van der Waals surface area contributed by atoms with Crippen molar-refractivity contribution in [2.75, 3.05) is 6.54 Å². The summed E-state index contributed by atoms with van der Waals surface area (Å²) in [7, 11) is 0. The monoisotopic (exact) mass is 298 g/mol. The number of amidine groups is 1. The molecule has 0 aliphatic rings. The normalized spacial score (nSPS) is 13.4. The molecular weight excluding hydrogens is 272 g/mol. The summed E-state index contributed by atoms with van der Waals surface area (Å²) in [6.45, 7) is 12.4. The summed E-state index contributed by atoms with van der Waals surface area (Å²) >= 11 is 1.70. The zero-order valence-electron chi connectivity index (χ0n) is 13.1. The van der Waals surface area contributed by atoms with Crippen LogP contribution in [-0.2, 0) is 12.0 Å². The molecule has 0 radical (unpaired) electrons. The largest absolute Gasteiger partial charge is 0.409 e. The van der Waals surface area contributed by atoms with Gasteiger partial charge in [0.1, 0.15) is 10.8 Å². The van der Waals surface area contributed by atoms with Crippen molar-refractivity contribution < 1.29 is 5.21 Å². The van der Waals surface area contributed by atoms with Crippen LogP contribution in [0.5, 0.6) is 0 Å². The highest BCUT2D eigenvalue weighted by molar-refractivity contribution is 7.09. The Morgan fingerprint density at radius 1 is 1.50 bits per heavy atom. The number of thiazole rings is 1. The number of hydrogen-bond donors (Lipinski definition) is 2. The Balaban J connectivity index is 2.69. The Kier molecular flexibility index (Phi) is 5.95. The average molecular weight is 298 g/mol. The van der Waals surface area contributed by atoms with Crippen LogP contribution in [0.4, 0.5) is 0 Å². The van der Waals surface area contributed by atoms with Gasteiger partial charge in [0.2, 0.25) is 0 Å². The van der Waals surface area contributed by atoms with E-state index in [1.54, 1.807) is 11.3 Å².